The number of hydrogen-bond donors (Lipinski definition) is 1. The summed E-state index contributed by atoms with van der Waals surface area (Å²) in [5, 5.41) is 3.78. The minimum atomic E-state index is 0.660. The van der Waals surface area contributed by atoms with E-state index < -0.39 is 0 Å². The standard InChI is InChI=1S/C12H10ClN3O/c13-9-5-8-1-4-17-11(8)6-10(9)16-12-7-14-2-3-15-12/h2-3,5-7H,1,4H2,(H,15,16). The second kappa shape index (κ2) is 4.22. The number of halogens is 1. The second-order valence-electron chi connectivity index (χ2n) is 3.75. The lowest BCUT2D eigenvalue weighted by atomic mass is 10.1. The van der Waals surface area contributed by atoms with Crippen LogP contribution in [0.2, 0.25) is 5.02 Å². The van der Waals surface area contributed by atoms with Crippen LogP contribution in [-0.4, -0.2) is 16.6 Å². The lowest BCUT2D eigenvalue weighted by Crippen LogP contribution is -1.95. The zero-order valence-electron chi connectivity index (χ0n) is 8.98. The maximum absolute atomic E-state index is 6.19. The van der Waals surface area contributed by atoms with Crippen molar-refractivity contribution in [2.75, 3.05) is 11.9 Å². The Morgan fingerprint density at radius 2 is 2.24 bits per heavy atom. The van der Waals surface area contributed by atoms with Gasteiger partial charge in [0.05, 0.1) is 23.5 Å². The van der Waals surface area contributed by atoms with Crippen LogP contribution in [0.4, 0.5) is 11.5 Å². The highest BCUT2D eigenvalue weighted by Gasteiger charge is 2.15. The van der Waals surface area contributed by atoms with Crippen LogP contribution in [0.15, 0.2) is 30.7 Å². The molecule has 0 spiro atoms. The van der Waals surface area contributed by atoms with Gasteiger partial charge in [-0.2, -0.15) is 0 Å². The van der Waals surface area contributed by atoms with Crippen molar-refractivity contribution in [3.05, 3.63) is 41.3 Å². The van der Waals surface area contributed by atoms with Gasteiger partial charge in [0.15, 0.2) is 0 Å². The molecule has 2 aromatic rings. The summed E-state index contributed by atoms with van der Waals surface area (Å²) in [7, 11) is 0. The summed E-state index contributed by atoms with van der Waals surface area (Å²) in [6.45, 7) is 0.722. The van der Waals surface area contributed by atoms with Crippen molar-refractivity contribution in [3.8, 4) is 5.75 Å². The van der Waals surface area contributed by atoms with Crippen LogP contribution in [0.5, 0.6) is 5.75 Å². The fourth-order valence-electron chi connectivity index (χ4n) is 1.79. The number of benzene rings is 1. The molecule has 0 saturated heterocycles. The average Bonchev–Trinajstić information content (AvgIpc) is 2.78. The van der Waals surface area contributed by atoms with Crippen molar-refractivity contribution in [3.63, 3.8) is 0 Å². The van der Waals surface area contributed by atoms with E-state index in [4.69, 9.17) is 16.3 Å². The number of aromatic nitrogens is 2. The van der Waals surface area contributed by atoms with E-state index in [0.29, 0.717) is 10.8 Å². The van der Waals surface area contributed by atoms with Crippen molar-refractivity contribution in [2.24, 2.45) is 0 Å². The molecule has 0 radical (unpaired) electrons. The molecule has 1 aromatic carbocycles. The SMILES string of the molecule is Clc1cc2c(cc1Nc1cnccn1)OCC2. The Labute approximate surface area is 104 Å². The quantitative estimate of drug-likeness (QED) is 0.887. The number of nitrogens with zero attached hydrogens (tertiary/aromatic N) is 2. The molecule has 1 aliphatic rings. The Kier molecular flexibility index (Phi) is 2.57. The zero-order chi connectivity index (χ0) is 11.7. The highest BCUT2D eigenvalue weighted by molar-refractivity contribution is 6.33. The summed E-state index contributed by atoms with van der Waals surface area (Å²) >= 11 is 6.19. The van der Waals surface area contributed by atoms with E-state index >= 15 is 0 Å². The fraction of sp³-hybridized carbons (Fsp3) is 0.167. The third kappa shape index (κ3) is 2.03. The van der Waals surface area contributed by atoms with Crippen molar-refractivity contribution in [2.45, 2.75) is 6.42 Å². The van der Waals surface area contributed by atoms with Crippen LogP contribution < -0.4 is 10.1 Å². The van der Waals surface area contributed by atoms with Gasteiger partial charge in [0, 0.05) is 24.9 Å². The maximum atomic E-state index is 6.19. The second-order valence-corrected chi connectivity index (χ2v) is 4.16. The molecule has 86 valence electrons. The van der Waals surface area contributed by atoms with E-state index in [9.17, 15) is 0 Å². The topological polar surface area (TPSA) is 47.0 Å². The summed E-state index contributed by atoms with van der Waals surface area (Å²) in [6.07, 6.45) is 5.81. The Morgan fingerprint density at radius 1 is 1.29 bits per heavy atom. The van der Waals surface area contributed by atoms with E-state index in [2.05, 4.69) is 15.3 Å². The van der Waals surface area contributed by atoms with Gasteiger partial charge in [0.1, 0.15) is 11.6 Å². The number of fused-ring (bicyclic) bond motifs is 1. The molecule has 3 rings (SSSR count). The molecule has 0 amide bonds. The van der Waals surface area contributed by atoms with Crippen molar-refractivity contribution in [1.82, 2.24) is 9.97 Å². The molecule has 0 aliphatic carbocycles. The van der Waals surface area contributed by atoms with Crippen molar-refractivity contribution in [1.29, 1.82) is 0 Å². The first-order valence-electron chi connectivity index (χ1n) is 5.31. The third-order valence-electron chi connectivity index (χ3n) is 2.61. The number of nitrogens with one attached hydrogen (secondary N) is 1. The van der Waals surface area contributed by atoms with E-state index in [0.717, 1.165) is 30.0 Å². The summed E-state index contributed by atoms with van der Waals surface area (Å²) in [4.78, 5) is 8.12. The van der Waals surface area contributed by atoms with Gasteiger partial charge >= 0.3 is 0 Å². The lowest BCUT2D eigenvalue weighted by molar-refractivity contribution is 0.357. The predicted octanol–water partition coefficient (Wildman–Crippen LogP) is 2.81. The summed E-state index contributed by atoms with van der Waals surface area (Å²) in [5.41, 5.74) is 1.94. The maximum Gasteiger partial charge on any atom is 0.148 e. The van der Waals surface area contributed by atoms with E-state index in [1.807, 2.05) is 12.1 Å². The van der Waals surface area contributed by atoms with Crippen molar-refractivity contribution >= 4 is 23.1 Å². The molecule has 0 unspecified atom stereocenters. The fourth-order valence-corrected chi connectivity index (χ4v) is 2.03. The Bertz CT molecular complexity index is 545. The van der Waals surface area contributed by atoms with Crippen LogP contribution in [0, 0.1) is 0 Å². The summed E-state index contributed by atoms with van der Waals surface area (Å²) < 4.78 is 5.50. The average molecular weight is 248 g/mol. The van der Waals surface area contributed by atoms with E-state index in [1.165, 1.54) is 0 Å². The number of ether oxygens (including phenoxy) is 1. The lowest BCUT2D eigenvalue weighted by Gasteiger charge is -2.09. The first-order chi connectivity index (χ1) is 8.33. The summed E-state index contributed by atoms with van der Waals surface area (Å²) in [5.74, 6) is 1.55. The molecule has 1 aliphatic heterocycles. The van der Waals surface area contributed by atoms with Crippen LogP contribution >= 0.6 is 11.6 Å². The van der Waals surface area contributed by atoms with Gasteiger partial charge < -0.3 is 10.1 Å². The van der Waals surface area contributed by atoms with Gasteiger partial charge in [-0.05, 0) is 11.6 Å². The van der Waals surface area contributed by atoms with Crippen LogP contribution in [0.1, 0.15) is 5.56 Å². The van der Waals surface area contributed by atoms with Gasteiger partial charge in [-0.3, -0.25) is 4.98 Å². The van der Waals surface area contributed by atoms with E-state index in [-0.39, 0.29) is 0 Å². The van der Waals surface area contributed by atoms with Gasteiger partial charge in [-0.25, -0.2) is 4.98 Å². The molecule has 2 heterocycles. The largest absolute Gasteiger partial charge is 0.493 e. The molecule has 0 fully saturated rings. The molecule has 0 bridgehead atoms. The molecule has 1 N–H and O–H groups in total. The molecular weight excluding hydrogens is 238 g/mol. The molecular formula is C12H10ClN3O. The highest BCUT2D eigenvalue weighted by atomic mass is 35.5. The number of hydrogen-bond acceptors (Lipinski definition) is 4. The van der Waals surface area contributed by atoms with Crippen LogP contribution in [0.3, 0.4) is 0 Å². The smallest absolute Gasteiger partial charge is 0.148 e. The van der Waals surface area contributed by atoms with Gasteiger partial charge in [-0.15, -0.1) is 0 Å². The number of rotatable bonds is 2. The molecule has 1 aromatic heterocycles. The predicted molar refractivity (Wildman–Crippen MR) is 66.0 cm³/mol. The molecule has 4 nitrogen and oxygen atoms in total. The zero-order valence-corrected chi connectivity index (χ0v) is 9.74. The van der Waals surface area contributed by atoms with Gasteiger partial charge in [-0.1, -0.05) is 11.6 Å². The van der Waals surface area contributed by atoms with Gasteiger partial charge in [0.2, 0.25) is 0 Å². The Hall–Kier alpha value is -1.81. The summed E-state index contributed by atoms with van der Waals surface area (Å²) in [6, 6.07) is 3.84. The minimum absolute atomic E-state index is 0.660. The first-order valence-corrected chi connectivity index (χ1v) is 5.69. The normalized spacial score (nSPS) is 13.0. The molecule has 0 atom stereocenters. The van der Waals surface area contributed by atoms with Gasteiger partial charge in [0.25, 0.3) is 0 Å². The van der Waals surface area contributed by atoms with E-state index in [1.54, 1.807) is 18.6 Å². The van der Waals surface area contributed by atoms with Crippen molar-refractivity contribution < 1.29 is 4.74 Å². The highest BCUT2D eigenvalue weighted by Crippen LogP contribution is 2.35. The van der Waals surface area contributed by atoms with Crippen LogP contribution in [0.25, 0.3) is 0 Å². The molecule has 17 heavy (non-hydrogen) atoms. The molecule has 0 saturated carbocycles. The third-order valence-corrected chi connectivity index (χ3v) is 2.92. The van der Waals surface area contributed by atoms with Crippen LogP contribution in [-0.2, 0) is 6.42 Å². The Balaban J connectivity index is 1.93. The minimum Gasteiger partial charge on any atom is -0.493 e. The monoisotopic (exact) mass is 247 g/mol. The Morgan fingerprint density at radius 3 is 3.06 bits per heavy atom. The number of anilines is 2. The first kappa shape index (κ1) is 10.4. The molecule has 5 heteroatoms.